The molecular weight excluding hydrogens is 588 g/mol. The number of hydrogen-bond donors (Lipinski definition) is 0. The van der Waals surface area contributed by atoms with Crippen molar-refractivity contribution in [3.63, 3.8) is 0 Å². The third-order valence-corrected chi connectivity index (χ3v) is 14.6. The van der Waals surface area contributed by atoms with Crippen LogP contribution in [0.1, 0.15) is 26.6 Å². The Morgan fingerprint density at radius 1 is 0.882 bits per heavy atom. The maximum atomic E-state index is 7.09. The molecule has 8 heteroatoms. The van der Waals surface area contributed by atoms with Gasteiger partial charge in [0.1, 0.15) is 21.8 Å². The van der Waals surface area contributed by atoms with Crippen LogP contribution in [0.3, 0.4) is 0 Å². The second kappa shape index (κ2) is 11.3. The molecule has 1 aromatic heterocycles. The van der Waals surface area contributed by atoms with Crippen molar-refractivity contribution in [1.29, 1.82) is 0 Å². The van der Waals surface area contributed by atoms with Crippen molar-refractivity contribution < 1.29 is 9.16 Å². The third kappa shape index (κ3) is 6.39. The minimum absolute atomic E-state index is 0.0879. The summed E-state index contributed by atoms with van der Waals surface area (Å²) in [6, 6.07) is 22.5. The van der Waals surface area contributed by atoms with Gasteiger partial charge in [-0.2, -0.15) is 0 Å². The first-order chi connectivity index (χ1) is 16.0. The minimum Gasteiger partial charge on any atom is -0.400 e. The Balaban J connectivity index is 1.95. The molecule has 2 aromatic carbocycles. The van der Waals surface area contributed by atoms with Gasteiger partial charge in [0.2, 0.25) is 0 Å². The number of benzene rings is 2. The summed E-state index contributed by atoms with van der Waals surface area (Å²) in [5.74, 6) is 0.847. The maximum absolute atomic E-state index is 7.09. The van der Waals surface area contributed by atoms with Crippen LogP contribution in [0, 0.1) is 0 Å². The van der Waals surface area contributed by atoms with E-state index in [1.54, 1.807) is 0 Å². The van der Waals surface area contributed by atoms with Gasteiger partial charge in [0.05, 0.1) is 6.61 Å². The highest BCUT2D eigenvalue weighted by Gasteiger charge is 2.50. The molecule has 0 atom stereocenters. The highest BCUT2D eigenvalue weighted by atomic mass is 79.9. The quantitative estimate of drug-likeness (QED) is 0.184. The van der Waals surface area contributed by atoms with E-state index in [1.807, 2.05) is 0 Å². The molecule has 0 amide bonds. The number of ether oxygens (including phenoxy) is 1. The lowest BCUT2D eigenvalue weighted by molar-refractivity contribution is 0.0807. The molecule has 0 radical (unpaired) electrons. The third-order valence-electron chi connectivity index (χ3n) is 6.00. The van der Waals surface area contributed by atoms with Crippen molar-refractivity contribution in [3.05, 3.63) is 75.7 Å². The van der Waals surface area contributed by atoms with Gasteiger partial charge in [0.15, 0.2) is 0 Å². The molecule has 1 heterocycles. The van der Waals surface area contributed by atoms with E-state index in [2.05, 4.69) is 138 Å². The maximum Gasteiger partial charge on any atom is 0.261 e. The van der Waals surface area contributed by atoms with Crippen LogP contribution >= 0.6 is 31.9 Å². The van der Waals surface area contributed by atoms with Crippen molar-refractivity contribution >= 4 is 58.6 Å². The molecule has 0 unspecified atom stereocenters. The first-order valence-corrected chi connectivity index (χ1v) is 18.9. The molecule has 0 fully saturated rings. The SMILES string of the molecule is CC(C)(C)[Si](OCc1nc(Br)c(Br)n1COCC[Si](C)(C)C)(c1ccccc1)c1ccccc1. The molecule has 0 aliphatic rings. The minimum atomic E-state index is -2.65. The Bertz CT molecular complexity index is 1020. The average Bonchev–Trinajstić information content (AvgIpc) is 3.04. The Morgan fingerprint density at radius 2 is 1.41 bits per heavy atom. The Hall–Kier alpha value is -1.04. The largest absolute Gasteiger partial charge is 0.400 e. The van der Waals surface area contributed by atoms with Crippen LogP contribution in [0.5, 0.6) is 0 Å². The summed E-state index contributed by atoms with van der Waals surface area (Å²) in [4.78, 5) is 4.77. The van der Waals surface area contributed by atoms with Crippen LogP contribution in [0.4, 0.5) is 0 Å². The molecule has 34 heavy (non-hydrogen) atoms. The van der Waals surface area contributed by atoms with Gasteiger partial charge < -0.3 is 9.16 Å². The zero-order valence-electron chi connectivity index (χ0n) is 21.1. The van der Waals surface area contributed by atoms with E-state index in [4.69, 9.17) is 14.1 Å². The number of rotatable bonds is 10. The molecule has 4 nitrogen and oxygen atoms in total. The summed E-state index contributed by atoms with van der Waals surface area (Å²) in [7, 11) is -3.79. The number of halogens is 2. The van der Waals surface area contributed by atoms with Crippen molar-refractivity contribution in [2.24, 2.45) is 0 Å². The van der Waals surface area contributed by atoms with Crippen LogP contribution in [0.25, 0.3) is 0 Å². The summed E-state index contributed by atoms with van der Waals surface area (Å²) in [6.45, 7) is 15.6. The monoisotopic (exact) mass is 622 g/mol. The zero-order valence-corrected chi connectivity index (χ0v) is 26.2. The molecule has 3 aromatic rings. The summed E-state index contributed by atoms with van der Waals surface area (Å²) < 4.78 is 16.9. The molecule has 3 rings (SSSR count). The standard InChI is InChI=1S/C26H36Br2N2O2Si2/c1-26(2,3)34(21-13-9-7-10-14-21,22-15-11-8-12-16-22)32-19-23-29-24(27)25(28)30(23)20-31-17-18-33(4,5)6/h7-16H,17-20H2,1-6H3. The van der Waals surface area contributed by atoms with Crippen molar-refractivity contribution in [2.75, 3.05) is 6.61 Å². The molecule has 0 saturated carbocycles. The fourth-order valence-corrected chi connectivity index (χ4v) is 10.2. The summed E-state index contributed by atoms with van der Waals surface area (Å²) in [5, 5.41) is 2.43. The summed E-state index contributed by atoms with van der Waals surface area (Å²) in [6.07, 6.45) is 0. The van der Waals surface area contributed by atoms with E-state index >= 15 is 0 Å². The lowest BCUT2D eigenvalue weighted by atomic mass is 10.2. The zero-order chi connectivity index (χ0) is 25.0. The second-order valence-corrected chi connectivity index (χ2v) is 22.3. The molecule has 0 N–H and O–H groups in total. The molecule has 184 valence electrons. The number of hydrogen-bond acceptors (Lipinski definition) is 3. The van der Waals surface area contributed by atoms with E-state index < -0.39 is 16.4 Å². The molecule has 0 saturated heterocycles. The van der Waals surface area contributed by atoms with E-state index in [9.17, 15) is 0 Å². The molecule has 0 aliphatic carbocycles. The predicted molar refractivity (Wildman–Crippen MR) is 154 cm³/mol. The normalized spacial score (nSPS) is 12.8. The predicted octanol–water partition coefficient (Wildman–Crippen LogP) is 6.80. The van der Waals surface area contributed by atoms with Crippen LogP contribution in [0.15, 0.2) is 69.9 Å². The molecule has 0 spiro atoms. The highest BCUT2D eigenvalue weighted by Crippen LogP contribution is 2.37. The number of imidazole rings is 1. The van der Waals surface area contributed by atoms with Gasteiger partial charge in [-0.15, -0.1) is 0 Å². The number of nitrogens with zero attached hydrogens (tertiary/aromatic N) is 2. The summed E-state index contributed by atoms with van der Waals surface area (Å²) >= 11 is 7.27. The highest BCUT2D eigenvalue weighted by molar-refractivity contribution is 9.13. The van der Waals surface area contributed by atoms with Crippen LogP contribution in [-0.4, -0.2) is 32.5 Å². The average molecular weight is 625 g/mol. The Kier molecular flexibility index (Phi) is 9.20. The van der Waals surface area contributed by atoms with E-state index in [1.165, 1.54) is 10.4 Å². The van der Waals surface area contributed by atoms with E-state index in [0.29, 0.717) is 13.3 Å². The molecular formula is C26H36Br2N2O2Si2. The smallest absolute Gasteiger partial charge is 0.261 e. The van der Waals surface area contributed by atoms with Gasteiger partial charge in [-0.1, -0.05) is 101 Å². The lowest BCUT2D eigenvalue weighted by Gasteiger charge is -2.43. The fourth-order valence-electron chi connectivity index (χ4n) is 4.15. The Labute approximate surface area is 223 Å². The van der Waals surface area contributed by atoms with Crippen LogP contribution < -0.4 is 10.4 Å². The molecule has 0 aliphatic heterocycles. The van der Waals surface area contributed by atoms with Gasteiger partial charge >= 0.3 is 0 Å². The first-order valence-electron chi connectivity index (χ1n) is 11.7. The van der Waals surface area contributed by atoms with Crippen molar-refractivity contribution in [2.45, 2.75) is 64.8 Å². The van der Waals surface area contributed by atoms with Gasteiger partial charge in [-0.25, -0.2) is 4.98 Å². The van der Waals surface area contributed by atoms with Gasteiger partial charge in [0.25, 0.3) is 8.32 Å². The second-order valence-electron chi connectivity index (χ2n) is 10.8. The molecule has 0 bridgehead atoms. The van der Waals surface area contributed by atoms with Gasteiger partial charge in [0, 0.05) is 14.7 Å². The lowest BCUT2D eigenvalue weighted by Crippen LogP contribution is -2.66. The van der Waals surface area contributed by atoms with E-state index in [0.717, 1.165) is 27.7 Å². The summed E-state index contributed by atoms with van der Waals surface area (Å²) in [5.41, 5.74) is 0. The topological polar surface area (TPSA) is 36.3 Å². The van der Waals surface area contributed by atoms with Crippen LogP contribution in [-0.2, 0) is 22.5 Å². The fraction of sp³-hybridized carbons (Fsp3) is 0.423. The first kappa shape index (κ1) is 27.5. The van der Waals surface area contributed by atoms with Crippen molar-refractivity contribution in [1.82, 2.24) is 9.55 Å². The van der Waals surface area contributed by atoms with Crippen LogP contribution in [0.2, 0.25) is 30.7 Å². The Morgan fingerprint density at radius 3 is 1.88 bits per heavy atom. The van der Waals surface area contributed by atoms with E-state index in [-0.39, 0.29) is 5.04 Å². The van der Waals surface area contributed by atoms with Gasteiger partial charge in [-0.3, -0.25) is 4.57 Å². The number of aromatic nitrogens is 2. The van der Waals surface area contributed by atoms with Gasteiger partial charge in [-0.05, 0) is 53.3 Å². The van der Waals surface area contributed by atoms with Crippen molar-refractivity contribution in [3.8, 4) is 0 Å².